The molecular formula is C26H22N6O8RuS2. The van der Waals surface area contributed by atoms with Gasteiger partial charge in [-0.1, -0.05) is 37.4 Å². The number of pyridine rings is 2. The van der Waals surface area contributed by atoms with Crippen molar-refractivity contribution in [2.75, 3.05) is 0 Å². The second kappa shape index (κ2) is 18.7. The molecule has 2 aliphatic rings. The Morgan fingerprint density at radius 3 is 1.21 bits per heavy atom. The minimum Gasteiger partial charge on any atom is -0.480 e. The van der Waals surface area contributed by atoms with Crippen molar-refractivity contribution >= 4 is 73.0 Å². The van der Waals surface area contributed by atoms with Crippen LogP contribution in [0.2, 0.25) is 0 Å². The van der Waals surface area contributed by atoms with E-state index >= 15 is 0 Å². The van der Waals surface area contributed by atoms with Crippen LogP contribution >= 0.6 is 25.3 Å². The van der Waals surface area contributed by atoms with Crippen molar-refractivity contribution in [3.63, 3.8) is 0 Å². The third-order valence-corrected chi connectivity index (χ3v) is 5.43. The number of hydrogen-bond acceptors (Lipinski definition) is 12. The molecule has 0 saturated heterocycles. The molecule has 17 heteroatoms. The first-order chi connectivity index (χ1) is 19.9. The van der Waals surface area contributed by atoms with Gasteiger partial charge in [-0.15, -0.1) is 0 Å². The van der Waals surface area contributed by atoms with Crippen molar-refractivity contribution in [3.8, 4) is 10.8 Å². The zero-order valence-corrected chi connectivity index (χ0v) is 25.2. The number of thiocyanates is 2. The molecule has 224 valence electrons. The Bertz CT molecular complexity index is 1360. The number of carboxylic acid groups (broad SMARTS) is 4. The van der Waals surface area contributed by atoms with Gasteiger partial charge in [0.1, 0.15) is 10.8 Å². The van der Waals surface area contributed by atoms with Gasteiger partial charge in [-0.05, 0) is 36.4 Å². The third kappa shape index (κ3) is 10.3. The first kappa shape index (κ1) is 38.3. The van der Waals surface area contributed by atoms with E-state index < -0.39 is 34.7 Å². The van der Waals surface area contributed by atoms with Gasteiger partial charge in [-0.25, -0.2) is 0 Å². The van der Waals surface area contributed by atoms with Crippen LogP contribution in [-0.4, -0.2) is 66.7 Å². The second-order valence-corrected chi connectivity index (χ2v) is 8.28. The fourth-order valence-corrected chi connectivity index (χ4v) is 3.32. The summed E-state index contributed by atoms with van der Waals surface area (Å²) in [5.74, 6) is -5.63. The standard InChI is InChI=1S/2C12H10N2O4.2CHNS.Ru/c2*15-10(16)12(11(17)18)4-6-14-9(7-12)8-3-1-2-5-13-8;2*2-1-3;/h2*1-3,5-7H,4H2,(H,15,16)(H,17,18);2*3H;. The maximum Gasteiger partial charge on any atom is 0.325 e. The van der Waals surface area contributed by atoms with Crippen molar-refractivity contribution in [1.82, 2.24) is 9.97 Å². The largest absolute Gasteiger partial charge is 0.480 e. The molecule has 0 spiro atoms. The van der Waals surface area contributed by atoms with Crippen molar-refractivity contribution in [3.05, 3.63) is 72.3 Å². The van der Waals surface area contributed by atoms with Crippen LogP contribution < -0.4 is 0 Å². The molecule has 0 saturated carbocycles. The van der Waals surface area contributed by atoms with Gasteiger partial charge < -0.3 is 20.4 Å². The van der Waals surface area contributed by atoms with Gasteiger partial charge in [0.15, 0.2) is 10.8 Å². The van der Waals surface area contributed by atoms with Crippen molar-refractivity contribution in [2.24, 2.45) is 20.8 Å². The molecule has 14 nitrogen and oxygen atoms in total. The summed E-state index contributed by atoms with van der Waals surface area (Å²) in [6.45, 7) is 0. The molecule has 43 heavy (non-hydrogen) atoms. The maximum absolute atomic E-state index is 11.2. The summed E-state index contributed by atoms with van der Waals surface area (Å²) >= 11 is 6.19. The summed E-state index contributed by atoms with van der Waals surface area (Å²) in [4.78, 5) is 60.8. The minimum absolute atomic E-state index is 0. The van der Waals surface area contributed by atoms with Gasteiger partial charge in [0.25, 0.3) is 0 Å². The Balaban J connectivity index is 0.000000680. The molecule has 0 aromatic carbocycles. The number of rotatable bonds is 6. The van der Waals surface area contributed by atoms with E-state index in [0.29, 0.717) is 11.4 Å². The minimum atomic E-state index is -1.96. The third-order valence-electron chi connectivity index (χ3n) is 5.43. The first-order valence-electron chi connectivity index (χ1n) is 11.3. The molecule has 0 fully saturated rings. The summed E-state index contributed by atoms with van der Waals surface area (Å²) in [5.41, 5.74) is -2.53. The number of aliphatic imine (C=N–C) groups is 2. The number of carbonyl (C=O) groups is 4. The van der Waals surface area contributed by atoms with Crippen LogP contribution in [0.15, 0.2) is 70.9 Å². The summed E-state index contributed by atoms with van der Waals surface area (Å²) in [6, 6.07) is 10.1. The molecule has 0 atom stereocenters. The predicted octanol–water partition coefficient (Wildman–Crippen LogP) is 2.90. The quantitative estimate of drug-likeness (QED) is 0.110. The average molecular weight is 712 g/mol. The molecule has 0 aliphatic carbocycles. The fourth-order valence-electron chi connectivity index (χ4n) is 3.32. The summed E-state index contributed by atoms with van der Waals surface area (Å²) in [5, 5.41) is 53.7. The molecule has 2 aliphatic heterocycles. The average Bonchev–Trinajstić information content (AvgIpc) is 2.99. The van der Waals surface area contributed by atoms with E-state index in [1.165, 1.54) is 35.6 Å². The number of aliphatic carboxylic acids is 4. The van der Waals surface area contributed by atoms with Gasteiger partial charge in [0, 0.05) is 57.1 Å². The smallest absolute Gasteiger partial charge is 0.325 e. The Hall–Kier alpha value is -4.70. The van der Waals surface area contributed by atoms with Crippen molar-refractivity contribution in [1.29, 1.82) is 10.5 Å². The van der Waals surface area contributed by atoms with Gasteiger partial charge in [0.2, 0.25) is 0 Å². The Morgan fingerprint density at radius 1 is 0.674 bits per heavy atom. The van der Waals surface area contributed by atoms with E-state index in [0.717, 1.165) is 12.2 Å². The molecule has 0 unspecified atom stereocenters. The van der Waals surface area contributed by atoms with Crippen molar-refractivity contribution < 1.29 is 59.1 Å². The number of thiol groups is 2. The topological polar surface area (TPSA) is 247 Å². The van der Waals surface area contributed by atoms with Gasteiger partial charge in [-0.3, -0.25) is 39.1 Å². The Morgan fingerprint density at radius 2 is 0.977 bits per heavy atom. The maximum atomic E-state index is 11.2. The number of hydrogen-bond donors (Lipinski definition) is 6. The van der Waals surface area contributed by atoms with Crippen LogP contribution in [-0.2, 0) is 38.7 Å². The molecule has 4 heterocycles. The summed E-state index contributed by atoms with van der Waals surface area (Å²) in [6.07, 6.45) is 7.59. The molecule has 0 radical (unpaired) electrons. The summed E-state index contributed by atoms with van der Waals surface area (Å²) < 4.78 is 0. The van der Waals surface area contributed by atoms with Crippen LogP contribution in [0.1, 0.15) is 24.2 Å². The van der Waals surface area contributed by atoms with Crippen LogP contribution in [0.25, 0.3) is 11.4 Å². The zero-order chi connectivity index (χ0) is 31.8. The molecule has 2 aromatic heterocycles. The van der Waals surface area contributed by atoms with E-state index in [1.54, 1.807) is 36.4 Å². The monoisotopic (exact) mass is 712 g/mol. The Kier molecular flexibility index (Phi) is 16.6. The van der Waals surface area contributed by atoms with Crippen LogP contribution in [0.5, 0.6) is 0 Å². The molecule has 2 aromatic rings. The van der Waals surface area contributed by atoms with E-state index in [-0.39, 0.29) is 43.7 Å². The van der Waals surface area contributed by atoms with E-state index in [9.17, 15) is 19.2 Å². The normalized spacial score (nSPS) is 14.6. The molecule has 4 rings (SSSR count). The molecule has 0 bridgehead atoms. The van der Waals surface area contributed by atoms with Crippen LogP contribution in [0, 0.1) is 32.2 Å². The van der Waals surface area contributed by atoms with Crippen LogP contribution in [0.3, 0.4) is 0 Å². The number of carboxylic acids is 4. The predicted molar refractivity (Wildman–Crippen MR) is 155 cm³/mol. The molecule has 4 N–H and O–H groups in total. The van der Waals surface area contributed by atoms with Gasteiger partial charge >= 0.3 is 23.9 Å². The van der Waals surface area contributed by atoms with Crippen LogP contribution in [0.4, 0.5) is 0 Å². The fraction of sp³-hybridized carbons (Fsp3) is 0.154. The van der Waals surface area contributed by atoms with Crippen molar-refractivity contribution in [2.45, 2.75) is 12.8 Å². The van der Waals surface area contributed by atoms with E-state index in [2.05, 4.69) is 45.2 Å². The number of aromatic nitrogens is 2. The molecule has 0 amide bonds. The first-order valence-corrected chi connectivity index (χ1v) is 12.2. The SMILES string of the molecule is N#CS.N#CS.O=C(O)C1(C(=O)O)C=C(c2ccccn2)N=CC1.O=C(O)C1(C(=O)O)C=C(c2ccccn2)N=CC1.[Ru]. The number of nitrogens with zero attached hydrogens (tertiary/aromatic N) is 6. The van der Waals surface area contributed by atoms with Gasteiger partial charge in [0.05, 0.1) is 22.8 Å². The summed E-state index contributed by atoms with van der Waals surface area (Å²) in [7, 11) is 0. The molecular weight excluding hydrogens is 690 g/mol. The zero-order valence-electron chi connectivity index (χ0n) is 21.7. The van der Waals surface area contributed by atoms with E-state index in [1.807, 2.05) is 0 Å². The Labute approximate surface area is 268 Å². The van der Waals surface area contributed by atoms with Gasteiger partial charge in [-0.2, -0.15) is 10.5 Å². The second-order valence-electron chi connectivity index (χ2n) is 7.88. The number of nitriles is 2. The van der Waals surface area contributed by atoms with E-state index in [4.69, 9.17) is 30.9 Å².